The summed E-state index contributed by atoms with van der Waals surface area (Å²) in [6.07, 6.45) is 0. The molecule has 0 atom stereocenters. The molecule has 0 aromatic heterocycles. The van der Waals surface area contributed by atoms with Gasteiger partial charge in [-0.3, -0.25) is 9.59 Å². The molecule has 5 heteroatoms. The zero-order valence-electron chi connectivity index (χ0n) is 9.14. The maximum Gasteiger partial charge on any atom is 0.239 e. The topological polar surface area (TPSA) is 58.2 Å². The number of amides is 2. The van der Waals surface area contributed by atoms with Crippen LogP contribution in [0.4, 0.5) is 0 Å². The minimum absolute atomic E-state index is 0.0556. The number of thioether (sulfide) groups is 1. The van der Waals surface area contributed by atoms with Crippen molar-refractivity contribution in [3.63, 3.8) is 0 Å². The molecule has 0 bridgehead atoms. The average Bonchev–Trinajstić information content (AvgIpc) is 2.09. The number of carbonyl (C=O) groups is 2. The first-order valence-corrected chi connectivity index (χ1v) is 5.45. The second-order valence-corrected chi connectivity index (χ2v) is 5.65. The van der Waals surface area contributed by atoms with Gasteiger partial charge in [-0.1, -0.05) is 20.8 Å². The molecule has 0 fully saturated rings. The van der Waals surface area contributed by atoms with Gasteiger partial charge in [-0.25, -0.2) is 0 Å². The van der Waals surface area contributed by atoms with Gasteiger partial charge < -0.3 is 10.6 Å². The Morgan fingerprint density at radius 1 is 1.21 bits per heavy atom. The summed E-state index contributed by atoms with van der Waals surface area (Å²) in [7, 11) is 1.54. The van der Waals surface area contributed by atoms with Crippen molar-refractivity contribution in [3.05, 3.63) is 0 Å². The fourth-order valence-corrected chi connectivity index (χ4v) is 1.27. The van der Waals surface area contributed by atoms with E-state index in [9.17, 15) is 9.59 Å². The monoisotopic (exact) mass is 218 g/mol. The molecule has 0 spiro atoms. The third-order valence-electron chi connectivity index (χ3n) is 1.36. The zero-order chi connectivity index (χ0) is 11.2. The maximum absolute atomic E-state index is 11.2. The highest BCUT2D eigenvalue weighted by Gasteiger charge is 2.13. The third kappa shape index (κ3) is 7.91. The van der Waals surface area contributed by atoms with E-state index in [1.165, 1.54) is 0 Å². The van der Waals surface area contributed by atoms with Crippen molar-refractivity contribution in [2.75, 3.05) is 19.3 Å². The number of hydrogen-bond donors (Lipinski definition) is 2. The predicted molar refractivity (Wildman–Crippen MR) is 59.3 cm³/mol. The SMILES string of the molecule is CNC(=O)CNC(=O)CSC(C)(C)C. The molecule has 0 aliphatic rings. The van der Waals surface area contributed by atoms with E-state index in [0.29, 0.717) is 5.75 Å². The van der Waals surface area contributed by atoms with E-state index in [2.05, 4.69) is 10.6 Å². The minimum atomic E-state index is -0.181. The first-order valence-electron chi connectivity index (χ1n) is 4.46. The van der Waals surface area contributed by atoms with Crippen molar-refractivity contribution in [3.8, 4) is 0 Å². The number of rotatable bonds is 4. The number of carbonyl (C=O) groups excluding carboxylic acids is 2. The molecule has 0 radical (unpaired) electrons. The Labute approximate surface area is 89.2 Å². The van der Waals surface area contributed by atoms with Crippen LogP contribution in [0.1, 0.15) is 20.8 Å². The van der Waals surface area contributed by atoms with Gasteiger partial charge in [-0.05, 0) is 0 Å². The molecular formula is C9H18N2O2S. The van der Waals surface area contributed by atoms with E-state index < -0.39 is 0 Å². The van der Waals surface area contributed by atoms with Gasteiger partial charge in [0.25, 0.3) is 0 Å². The molecule has 2 amide bonds. The third-order valence-corrected chi connectivity index (χ3v) is 2.63. The lowest BCUT2D eigenvalue weighted by atomic mass is 10.3. The van der Waals surface area contributed by atoms with Gasteiger partial charge in [0.2, 0.25) is 11.8 Å². The van der Waals surface area contributed by atoms with Crippen molar-refractivity contribution >= 4 is 23.6 Å². The summed E-state index contributed by atoms with van der Waals surface area (Å²) >= 11 is 1.56. The predicted octanol–water partition coefficient (Wildman–Crippen LogP) is 0.380. The molecule has 0 rings (SSSR count). The molecular weight excluding hydrogens is 200 g/mol. The van der Waals surface area contributed by atoms with Gasteiger partial charge in [0.1, 0.15) is 0 Å². The molecule has 0 aliphatic carbocycles. The summed E-state index contributed by atoms with van der Waals surface area (Å²) in [6, 6.07) is 0. The van der Waals surface area contributed by atoms with Gasteiger partial charge in [0.05, 0.1) is 12.3 Å². The molecule has 0 unspecified atom stereocenters. The van der Waals surface area contributed by atoms with Crippen LogP contribution < -0.4 is 10.6 Å². The summed E-state index contributed by atoms with van der Waals surface area (Å²) in [5.41, 5.74) is 0. The zero-order valence-corrected chi connectivity index (χ0v) is 9.96. The molecule has 0 saturated carbocycles. The standard InChI is InChI=1S/C9H18N2O2S/c1-9(2,3)14-6-8(13)11-5-7(12)10-4/h5-6H2,1-4H3,(H,10,12)(H,11,13). The largest absolute Gasteiger partial charge is 0.358 e. The smallest absolute Gasteiger partial charge is 0.239 e. The lowest BCUT2D eigenvalue weighted by Gasteiger charge is -2.16. The Morgan fingerprint density at radius 3 is 2.21 bits per heavy atom. The molecule has 0 saturated heterocycles. The first-order chi connectivity index (χ1) is 6.35. The summed E-state index contributed by atoms with van der Waals surface area (Å²) in [5, 5.41) is 4.97. The second kappa shape index (κ2) is 5.90. The minimum Gasteiger partial charge on any atom is -0.358 e. The lowest BCUT2D eigenvalue weighted by Crippen LogP contribution is -2.36. The van der Waals surface area contributed by atoms with Crippen molar-refractivity contribution in [2.45, 2.75) is 25.5 Å². The highest BCUT2D eigenvalue weighted by molar-refractivity contribution is 8.01. The van der Waals surface area contributed by atoms with Crippen LogP contribution in [0.15, 0.2) is 0 Å². The van der Waals surface area contributed by atoms with E-state index in [4.69, 9.17) is 0 Å². The number of hydrogen-bond acceptors (Lipinski definition) is 3. The lowest BCUT2D eigenvalue weighted by molar-refractivity contribution is -0.124. The fourth-order valence-electron chi connectivity index (χ4n) is 0.600. The fraction of sp³-hybridized carbons (Fsp3) is 0.778. The van der Waals surface area contributed by atoms with Crippen molar-refractivity contribution in [1.29, 1.82) is 0 Å². The van der Waals surface area contributed by atoms with Crippen LogP contribution in [-0.2, 0) is 9.59 Å². The number of likely N-dealkylation sites (N-methyl/N-ethyl adjacent to an activating group) is 1. The molecule has 82 valence electrons. The van der Waals surface area contributed by atoms with Crippen LogP contribution in [-0.4, -0.2) is 35.9 Å². The van der Waals surface area contributed by atoms with E-state index in [1.807, 2.05) is 20.8 Å². The highest BCUT2D eigenvalue weighted by Crippen LogP contribution is 2.22. The summed E-state index contributed by atoms with van der Waals surface area (Å²) < 4.78 is 0.0738. The van der Waals surface area contributed by atoms with Crippen LogP contribution in [0.5, 0.6) is 0 Å². The van der Waals surface area contributed by atoms with Crippen LogP contribution in [0.25, 0.3) is 0 Å². The van der Waals surface area contributed by atoms with Crippen LogP contribution in [0.3, 0.4) is 0 Å². The Bertz CT molecular complexity index is 211. The normalized spacial score (nSPS) is 10.9. The van der Waals surface area contributed by atoms with E-state index in [-0.39, 0.29) is 23.1 Å². The summed E-state index contributed by atoms with van der Waals surface area (Å²) in [6.45, 7) is 6.19. The number of nitrogens with one attached hydrogen (secondary N) is 2. The molecule has 4 nitrogen and oxygen atoms in total. The molecule has 0 aliphatic heterocycles. The Morgan fingerprint density at radius 2 is 1.79 bits per heavy atom. The highest BCUT2D eigenvalue weighted by atomic mass is 32.2. The van der Waals surface area contributed by atoms with Crippen LogP contribution in [0, 0.1) is 0 Å². The van der Waals surface area contributed by atoms with Gasteiger partial charge >= 0.3 is 0 Å². The second-order valence-electron chi connectivity index (χ2n) is 3.85. The summed E-state index contributed by atoms with van der Waals surface area (Å²) in [5.74, 6) is 0.105. The van der Waals surface area contributed by atoms with Gasteiger partial charge in [-0.15, -0.1) is 11.8 Å². The average molecular weight is 218 g/mol. The quantitative estimate of drug-likeness (QED) is 0.717. The molecule has 0 heterocycles. The van der Waals surface area contributed by atoms with Crippen molar-refractivity contribution in [1.82, 2.24) is 10.6 Å². The van der Waals surface area contributed by atoms with Gasteiger partial charge in [0, 0.05) is 11.8 Å². The van der Waals surface area contributed by atoms with Crippen LogP contribution >= 0.6 is 11.8 Å². The van der Waals surface area contributed by atoms with Crippen LogP contribution in [0.2, 0.25) is 0 Å². The molecule has 0 aromatic rings. The van der Waals surface area contributed by atoms with Gasteiger partial charge in [0.15, 0.2) is 0 Å². The maximum atomic E-state index is 11.2. The Kier molecular flexibility index (Phi) is 5.60. The Balaban J connectivity index is 3.62. The molecule has 14 heavy (non-hydrogen) atoms. The van der Waals surface area contributed by atoms with Gasteiger partial charge in [-0.2, -0.15) is 0 Å². The van der Waals surface area contributed by atoms with E-state index in [1.54, 1.807) is 18.8 Å². The van der Waals surface area contributed by atoms with E-state index in [0.717, 1.165) is 0 Å². The molecule has 2 N–H and O–H groups in total. The summed E-state index contributed by atoms with van der Waals surface area (Å²) in [4.78, 5) is 22.0. The molecule has 0 aromatic carbocycles. The van der Waals surface area contributed by atoms with Crippen molar-refractivity contribution < 1.29 is 9.59 Å². The Hall–Kier alpha value is -0.710. The van der Waals surface area contributed by atoms with E-state index >= 15 is 0 Å². The first kappa shape index (κ1) is 13.3. The van der Waals surface area contributed by atoms with Crippen molar-refractivity contribution in [2.24, 2.45) is 0 Å².